The number of fused-ring (bicyclic) bond motifs is 3. The number of carbonyl (C=O) groups is 2. The van der Waals surface area contributed by atoms with E-state index in [1.165, 1.54) is 12.1 Å². The van der Waals surface area contributed by atoms with Gasteiger partial charge in [0.25, 0.3) is 5.91 Å². The zero-order valence-electron chi connectivity index (χ0n) is 19.9. The molecule has 0 spiro atoms. The summed E-state index contributed by atoms with van der Waals surface area (Å²) in [6.07, 6.45) is 3.28. The molecule has 0 saturated carbocycles. The number of benzene rings is 4. The summed E-state index contributed by atoms with van der Waals surface area (Å²) in [5, 5.41) is 4.89. The molecule has 0 aliphatic carbocycles. The van der Waals surface area contributed by atoms with Gasteiger partial charge in [0, 0.05) is 22.0 Å². The van der Waals surface area contributed by atoms with Gasteiger partial charge in [-0.2, -0.15) is 0 Å². The summed E-state index contributed by atoms with van der Waals surface area (Å²) >= 11 is 0. The lowest BCUT2D eigenvalue weighted by atomic mass is 9.99. The number of ketones is 1. The molecule has 0 aliphatic heterocycles. The van der Waals surface area contributed by atoms with Crippen molar-refractivity contribution < 1.29 is 14.0 Å². The van der Waals surface area contributed by atoms with Gasteiger partial charge in [0.05, 0.1) is 0 Å². The molecule has 0 unspecified atom stereocenters. The molecular weight excluding hydrogens is 450 g/mol. The average molecular weight is 474 g/mol. The normalized spacial score (nSPS) is 11.3. The molecule has 176 valence electrons. The smallest absolute Gasteiger partial charge is 0.349 e. The highest BCUT2D eigenvalue weighted by atomic mass is 16.4. The Hall–Kier alpha value is -4.77. The lowest BCUT2D eigenvalue weighted by molar-refractivity contribution is 0.102. The summed E-state index contributed by atoms with van der Waals surface area (Å²) in [5.74, 6) is -0.661. The third-order valence-electron chi connectivity index (χ3n) is 6.07. The quantitative estimate of drug-likeness (QED) is 0.133. The number of carbonyl (C=O) groups excluding carboxylic acids is 2. The highest BCUT2D eigenvalue weighted by Gasteiger charge is 2.16. The maximum atomic E-state index is 12.9. The van der Waals surface area contributed by atoms with E-state index >= 15 is 0 Å². The molecule has 4 aromatic carbocycles. The van der Waals surface area contributed by atoms with Gasteiger partial charge in [-0.1, -0.05) is 77.9 Å². The fourth-order valence-corrected chi connectivity index (χ4v) is 4.09. The van der Waals surface area contributed by atoms with Gasteiger partial charge in [-0.3, -0.25) is 9.59 Å². The van der Waals surface area contributed by atoms with Crippen LogP contribution < -0.4 is 10.9 Å². The van der Waals surface area contributed by atoms with Crippen LogP contribution in [0.4, 0.5) is 5.69 Å². The monoisotopic (exact) mass is 473 g/mol. The van der Waals surface area contributed by atoms with Crippen LogP contribution in [0.1, 0.15) is 37.4 Å². The van der Waals surface area contributed by atoms with Crippen molar-refractivity contribution in [2.24, 2.45) is 0 Å². The van der Waals surface area contributed by atoms with Crippen LogP contribution in [0, 0.1) is 13.8 Å². The Morgan fingerprint density at radius 2 is 1.44 bits per heavy atom. The molecule has 0 radical (unpaired) electrons. The van der Waals surface area contributed by atoms with E-state index in [1.807, 2.05) is 68.4 Å². The topological polar surface area (TPSA) is 76.4 Å². The molecule has 0 atom stereocenters. The summed E-state index contributed by atoms with van der Waals surface area (Å²) in [7, 11) is 0. The highest BCUT2D eigenvalue weighted by Crippen LogP contribution is 2.29. The van der Waals surface area contributed by atoms with Crippen LogP contribution in [0.25, 0.3) is 27.8 Å². The second-order valence-electron chi connectivity index (χ2n) is 8.76. The predicted octanol–water partition coefficient (Wildman–Crippen LogP) is 6.71. The van der Waals surface area contributed by atoms with Crippen molar-refractivity contribution in [1.29, 1.82) is 0 Å². The molecule has 5 nitrogen and oxygen atoms in total. The average Bonchev–Trinajstić information content (AvgIpc) is 2.88. The molecule has 5 heteroatoms. The van der Waals surface area contributed by atoms with Gasteiger partial charge in [-0.15, -0.1) is 0 Å². The SMILES string of the molecule is Cc1ccc(NC(=O)c2cc3cc(/C=C/C(=O)c4ccc(C)cc4)c4ccccc4c3oc2=O)cc1. The first-order valence-electron chi connectivity index (χ1n) is 11.6. The Morgan fingerprint density at radius 3 is 2.14 bits per heavy atom. The first-order valence-corrected chi connectivity index (χ1v) is 11.6. The Balaban J connectivity index is 1.56. The summed E-state index contributed by atoms with van der Waals surface area (Å²) < 4.78 is 5.64. The van der Waals surface area contributed by atoms with Crippen molar-refractivity contribution in [3.05, 3.63) is 129 Å². The van der Waals surface area contributed by atoms with E-state index in [4.69, 9.17) is 4.42 Å². The number of rotatable bonds is 5. The third-order valence-corrected chi connectivity index (χ3v) is 6.07. The largest absolute Gasteiger partial charge is 0.421 e. The van der Waals surface area contributed by atoms with Gasteiger partial charge in [0.1, 0.15) is 11.1 Å². The second-order valence-corrected chi connectivity index (χ2v) is 8.76. The number of nitrogens with one attached hydrogen (secondary N) is 1. The van der Waals surface area contributed by atoms with Crippen LogP contribution >= 0.6 is 0 Å². The highest BCUT2D eigenvalue weighted by molar-refractivity contribution is 6.12. The van der Waals surface area contributed by atoms with E-state index in [9.17, 15) is 14.4 Å². The molecule has 0 fully saturated rings. The van der Waals surface area contributed by atoms with Crippen LogP contribution in [0.3, 0.4) is 0 Å². The van der Waals surface area contributed by atoms with Gasteiger partial charge in [0.2, 0.25) is 0 Å². The van der Waals surface area contributed by atoms with Crippen molar-refractivity contribution in [2.45, 2.75) is 13.8 Å². The van der Waals surface area contributed by atoms with Crippen molar-refractivity contribution in [1.82, 2.24) is 0 Å². The molecule has 0 bridgehead atoms. The lowest BCUT2D eigenvalue weighted by Crippen LogP contribution is -2.20. The van der Waals surface area contributed by atoms with Crippen LogP contribution in [0.5, 0.6) is 0 Å². The van der Waals surface area contributed by atoms with Crippen LogP contribution in [0.15, 0.2) is 100 Å². The van der Waals surface area contributed by atoms with E-state index in [-0.39, 0.29) is 11.3 Å². The Labute approximate surface area is 207 Å². The fourth-order valence-electron chi connectivity index (χ4n) is 4.09. The molecule has 1 amide bonds. The Bertz CT molecular complexity index is 1710. The molecule has 5 rings (SSSR count). The number of hydrogen-bond acceptors (Lipinski definition) is 4. The van der Waals surface area contributed by atoms with Crippen LogP contribution in [-0.2, 0) is 0 Å². The zero-order chi connectivity index (χ0) is 25.2. The minimum Gasteiger partial charge on any atom is -0.421 e. The van der Waals surface area contributed by atoms with E-state index in [0.29, 0.717) is 22.2 Å². The number of allylic oxidation sites excluding steroid dienone is 1. The van der Waals surface area contributed by atoms with Gasteiger partial charge in [-0.05, 0) is 55.1 Å². The molecule has 1 aromatic heterocycles. The maximum Gasteiger partial charge on any atom is 0.349 e. The molecule has 36 heavy (non-hydrogen) atoms. The Kier molecular flexibility index (Phi) is 6.05. The minimum absolute atomic E-state index is 0.0935. The summed E-state index contributed by atoms with van der Waals surface area (Å²) in [6, 6.07) is 25.6. The number of hydrogen-bond donors (Lipinski definition) is 1. The van der Waals surface area contributed by atoms with Gasteiger partial charge < -0.3 is 9.73 Å². The van der Waals surface area contributed by atoms with E-state index < -0.39 is 11.5 Å². The van der Waals surface area contributed by atoms with Gasteiger partial charge >= 0.3 is 5.63 Å². The summed E-state index contributed by atoms with van der Waals surface area (Å²) in [5.41, 5.74) is 3.69. The second kappa shape index (κ2) is 9.47. The van der Waals surface area contributed by atoms with Crippen molar-refractivity contribution in [3.8, 4) is 0 Å². The fraction of sp³-hybridized carbons (Fsp3) is 0.0645. The van der Waals surface area contributed by atoms with E-state index in [0.717, 1.165) is 27.5 Å². The number of aryl methyl sites for hydroxylation is 2. The van der Waals surface area contributed by atoms with Crippen molar-refractivity contribution in [2.75, 3.05) is 5.32 Å². The van der Waals surface area contributed by atoms with Crippen LogP contribution in [0.2, 0.25) is 0 Å². The molecule has 5 aromatic rings. The molecule has 1 N–H and O–H groups in total. The number of amides is 1. The predicted molar refractivity (Wildman–Crippen MR) is 144 cm³/mol. The first-order chi connectivity index (χ1) is 17.4. The molecular formula is C31H23NO4. The van der Waals surface area contributed by atoms with Gasteiger partial charge in [0.15, 0.2) is 5.78 Å². The molecule has 0 aliphatic rings. The van der Waals surface area contributed by atoms with Crippen molar-refractivity contribution in [3.63, 3.8) is 0 Å². The zero-order valence-corrected chi connectivity index (χ0v) is 19.9. The molecule has 0 saturated heterocycles. The lowest BCUT2D eigenvalue weighted by Gasteiger charge is -2.09. The Morgan fingerprint density at radius 1 is 0.806 bits per heavy atom. The first kappa shape index (κ1) is 23.0. The maximum absolute atomic E-state index is 12.9. The summed E-state index contributed by atoms with van der Waals surface area (Å²) in [4.78, 5) is 38.3. The van der Waals surface area contributed by atoms with Gasteiger partial charge in [-0.25, -0.2) is 4.79 Å². The number of anilines is 1. The van der Waals surface area contributed by atoms with E-state index in [1.54, 1.807) is 30.3 Å². The minimum atomic E-state index is -0.713. The third kappa shape index (κ3) is 4.59. The summed E-state index contributed by atoms with van der Waals surface area (Å²) in [6.45, 7) is 3.92. The van der Waals surface area contributed by atoms with E-state index in [2.05, 4.69) is 5.32 Å². The molecule has 1 heterocycles. The standard InChI is InChI=1S/C31H23NO4/c1-19-7-11-21(12-8-19)28(33)16-13-22-17-23-18-27(30(34)32-24-14-9-20(2)10-15-24)31(35)36-29(23)26-6-4-3-5-25(22)26/h3-18H,1-2H3,(H,32,34)/b16-13+. The van der Waals surface area contributed by atoms with Crippen LogP contribution in [-0.4, -0.2) is 11.7 Å². The van der Waals surface area contributed by atoms with Crippen molar-refractivity contribution >= 4 is 45.2 Å².